The molecule has 3 aliphatic rings. The summed E-state index contributed by atoms with van der Waals surface area (Å²) in [5, 5.41) is 11.3. The van der Waals surface area contributed by atoms with Crippen LogP contribution in [0.1, 0.15) is 89.6 Å². The zero-order valence-electron chi connectivity index (χ0n) is 31.2. The van der Waals surface area contributed by atoms with Crippen molar-refractivity contribution in [1.82, 2.24) is 15.3 Å². The molecule has 0 aliphatic heterocycles. The van der Waals surface area contributed by atoms with Crippen LogP contribution in [-0.2, 0) is 6.42 Å². The minimum Gasteiger partial charge on any atom is -0.392 e. The average Bonchev–Trinajstić information content (AvgIpc) is 3.94. The van der Waals surface area contributed by atoms with Crippen molar-refractivity contribution in [3.8, 4) is 11.3 Å². The van der Waals surface area contributed by atoms with E-state index in [4.69, 9.17) is 28.6 Å². The van der Waals surface area contributed by atoms with Crippen molar-refractivity contribution in [2.45, 2.75) is 86.0 Å². The van der Waals surface area contributed by atoms with Gasteiger partial charge < -0.3 is 44.4 Å². The number of pyridine rings is 2. The third-order valence-electron chi connectivity index (χ3n) is 6.66. The Balaban J connectivity index is -0.000000336. The fraction of sp³-hybridized carbons (Fsp3) is 0.375. The Labute approximate surface area is 380 Å². The first kappa shape index (κ1) is 53.8. The third kappa shape index (κ3) is 19.9. The molecule has 0 spiro atoms. The van der Waals surface area contributed by atoms with Crippen LogP contribution in [0.25, 0.3) is 11.3 Å². The zero-order chi connectivity index (χ0) is 32.5. The Morgan fingerprint density at radius 1 is 1.15 bits per heavy atom. The molecule has 3 aliphatic carbocycles. The molecule has 7 heteroatoms. The maximum atomic E-state index is 7.42. The van der Waals surface area contributed by atoms with Crippen LogP contribution in [0.5, 0.6) is 0 Å². The fourth-order valence-electron chi connectivity index (χ4n) is 4.10. The first-order valence-corrected chi connectivity index (χ1v) is 15.7. The first-order chi connectivity index (χ1) is 20.6. The summed E-state index contributed by atoms with van der Waals surface area (Å²) in [6, 6.07) is 7.32. The predicted molar refractivity (Wildman–Crippen MR) is 200 cm³/mol. The largest absolute Gasteiger partial charge is 1.00 e. The Bertz CT molecular complexity index is 1300. The van der Waals surface area contributed by atoms with Gasteiger partial charge in [-0.15, -0.1) is 5.57 Å². The molecule has 2 aromatic rings. The Kier molecular flexibility index (Phi) is 34.0. The van der Waals surface area contributed by atoms with Crippen LogP contribution in [0.15, 0.2) is 72.1 Å². The molecule has 2 aromatic heterocycles. The molecule has 0 amide bonds. The minimum absolute atomic E-state index is 0. The molecule has 5 rings (SSSR count). The maximum absolute atomic E-state index is 7.42. The second-order valence-electron chi connectivity index (χ2n) is 10.5. The average molecular weight is 708 g/mol. The van der Waals surface area contributed by atoms with Gasteiger partial charge in [-0.1, -0.05) is 88.2 Å². The predicted octanol–water partition coefficient (Wildman–Crippen LogP) is 5.28. The molecule has 47 heavy (non-hydrogen) atoms. The maximum Gasteiger partial charge on any atom is 1.00 e. The van der Waals surface area contributed by atoms with E-state index in [1.807, 2.05) is 65.8 Å². The van der Waals surface area contributed by atoms with Crippen LogP contribution < -0.4 is 108 Å². The molecule has 0 bridgehead atoms. The molecule has 2 heterocycles. The standard InChI is InChI=1S/C20H22ClN3.C9H10N.C4H6.C3H7.C2H6.2CH3.2K/c1-4-14-8-9-18(17(12-22-5-2)15-6-7-15)24-20(14)16-10-11-23-13(3)19(16)21;1-6-4-7(2)9(10)8(3)5-6;1-4-2-3-4;1-3-2;1-2;;;;/h5,9-11,15,17,22H,1-2,4,6-7,12H2,3H3;2,4-5,10H,1,3H3;1-3H2;1,3H2,2H3;1-2H3;2*1H3;;/q-2;-1;;-1;;2*-1;2*+1. The van der Waals surface area contributed by atoms with Gasteiger partial charge in [-0.2, -0.15) is 42.2 Å². The van der Waals surface area contributed by atoms with Gasteiger partial charge in [0.25, 0.3) is 0 Å². The summed E-state index contributed by atoms with van der Waals surface area (Å²) in [5.41, 5.74) is 9.13. The zero-order valence-corrected chi connectivity index (χ0v) is 38.2. The summed E-state index contributed by atoms with van der Waals surface area (Å²) >= 11 is 6.48. The summed E-state index contributed by atoms with van der Waals surface area (Å²) < 4.78 is 0. The van der Waals surface area contributed by atoms with Crippen molar-refractivity contribution in [3.05, 3.63) is 135 Å². The summed E-state index contributed by atoms with van der Waals surface area (Å²) in [6.07, 6.45) is 14.0. The second-order valence-corrected chi connectivity index (χ2v) is 10.9. The summed E-state index contributed by atoms with van der Waals surface area (Å²) in [7, 11) is 0. The molecule has 0 radical (unpaired) electrons. The number of halogens is 1. The number of rotatable bonds is 7. The van der Waals surface area contributed by atoms with E-state index in [1.54, 1.807) is 12.4 Å². The molecule has 1 atom stereocenters. The van der Waals surface area contributed by atoms with E-state index in [0.29, 0.717) is 34.6 Å². The molecular formula is C40H57ClK2N4-4. The van der Waals surface area contributed by atoms with E-state index in [0.717, 1.165) is 52.3 Å². The van der Waals surface area contributed by atoms with Gasteiger partial charge in [0.1, 0.15) is 0 Å². The van der Waals surface area contributed by atoms with Crippen LogP contribution in [0, 0.1) is 59.6 Å². The van der Waals surface area contributed by atoms with Gasteiger partial charge in [0.15, 0.2) is 0 Å². The Morgan fingerprint density at radius 2 is 1.70 bits per heavy atom. The second kappa shape index (κ2) is 29.7. The number of allylic oxidation sites excluding steroid dienone is 6. The molecular weight excluding hydrogens is 650 g/mol. The number of hydrogen-bond donors (Lipinski definition) is 2. The van der Waals surface area contributed by atoms with E-state index >= 15 is 0 Å². The number of nitrogens with zero attached hydrogens (tertiary/aromatic N) is 2. The Morgan fingerprint density at radius 3 is 2.15 bits per heavy atom. The van der Waals surface area contributed by atoms with Gasteiger partial charge in [-0.3, -0.25) is 4.98 Å². The van der Waals surface area contributed by atoms with E-state index < -0.39 is 0 Å². The quantitative estimate of drug-likeness (QED) is 0.234. The molecule has 0 aromatic carbocycles. The number of aryl methyl sites for hydroxylation is 1. The number of aromatic nitrogens is 2. The number of nitrogens with one attached hydrogen (secondary N) is 2. The minimum atomic E-state index is 0. The van der Waals surface area contributed by atoms with Crippen LogP contribution in [0.4, 0.5) is 0 Å². The Hall–Kier alpha value is 0.0327. The van der Waals surface area contributed by atoms with Crippen molar-refractivity contribution in [3.63, 3.8) is 0 Å². The molecule has 1 unspecified atom stereocenters. The normalized spacial score (nSPS) is 14.0. The first-order valence-electron chi connectivity index (χ1n) is 15.3. The van der Waals surface area contributed by atoms with Crippen LogP contribution in [0.2, 0.25) is 5.02 Å². The van der Waals surface area contributed by atoms with E-state index in [2.05, 4.69) is 43.4 Å². The topological polar surface area (TPSA) is 61.7 Å². The fourth-order valence-corrected chi connectivity index (χ4v) is 4.30. The number of hydrogen-bond acceptors (Lipinski definition) is 4. The monoisotopic (exact) mass is 706 g/mol. The van der Waals surface area contributed by atoms with Gasteiger partial charge in [0.05, 0.1) is 10.7 Å². The van der Waals surface area contributed by atoms with Crippen molar-refractivity contribution in [1.29, 1.82) is 5.41 Å². The van der Waals surface area contributed by atoms with E-state index in [9.17, 15) is 0 Å². The molecule has 4 nitrogen and oxygen atoms in total. The summed E-state index contributed by atoms with van der Waals surface area (Å²) in [5.74, 6) is 1.06. The van der Waals surface area contributed by atoms with Crippen molar-refractivity contribution in [2.24, 2.45) is 5.92 Å². The van der Waals surface area contributed by atoms with Crippen LogP contribution in [0.3, 0.4) is 0 Å². The van der Waals surface area contributed by atoms with Crippen LogP contribution in [-0.4, -0.2) is 22.2 Å². The van der Waals surface area contributed by atoms with E-state index in [1.165, 1.54) is 31.3 Å². The van der Waals surface area contributed by atoms with Gasteiger partial charge >= 0.3 is 103 Å². The smallest absolute Gasteiger partial charge is 0.392 e. The van der Waals surface area contributed by atoms with Crippen molar-refractivity contribution < 1.29 is 103 Å². The SMILES string of the molecule is C=C1CC1.C=CNCC(c1c[c-]c(C[CH2-])c(-c2ccnc(C)c2Cl)n1)C1CC1.CC.[CH-]=C1C=C(C)C=C(C)C1=N.[CH2-]CC.[CH3-].[CH3-].[K+].[K+]. The molecule has 0 saturated heterocycles. The van der Waals surface area contributed by atoms with Crippen LogP contribution >= 0.6 is 11.6 Å². The summed E-state index contributed by atoms with van der Waals surface area (Å²) in [4.78, 5) is 9.22. The van der Waals surface area contributed by atoms with E-state index in [-0.39, 0.29) is 118 Å². The van der Waals surface area contributed by atoms with Gasteiger partial charge in [0.2, 0.25) is 0 Å². The third-order valence-corrected chi connectivity index (χ3v) is 7.13. The van der Waals surface area contributed by atoms with Crippen molar-refractivity contribution in [2.75, 3.05) is 6.54 Å². The molecule has 2 N–H and O–H groups in total. The van der Waals surface area contributed by atoms with Gasteiger partial charge in [-0.05, 0) is 67.8 Å². The molecule has 2 fully saturated rings. The molecule has 2 saturated carbocycles. The summed E-state index contributed by atoms with van der Waals surface area (Å²) in [6.45, 7) is 33.1. The molecule has 250 valence electrons. The van der Waals surface area contributed by atoms with Gasteiger partial charge in [0, 0.05) is 12.7 Å². The van der Waals surface area contributed by atoms with Crippen molar-refractivity contribution >= 4 is 17.3 Å². The van der Waals surface area contributed by atoms with Gasteiger partial charge in [-0.25, -0.2) is 6.58 Å².